The zero-order valence-corrected chi connectivity index (χ0v) is 18.0. The summed E-state index contributed by atoms with van der Waals surface area (Å²) in [5.74, 6) is 1.41. The number of aliphatic imine (C=N–C) groups is 1. The number of hydrogen-bond donors (Lipinski definition) is 2. The number of rotatable bonds is 7. The van der Waals surface area contributed by atoms with Crippen molar-refractivity contribution in [3.05, 3.63) is 60.4 Å². The van der Waals surface area contributed by atoms with Gasteiger partial charge >= 0.3 is 0 Å². The molecule has 1 aromatic carbocycles. The van der Waals surface area contributed by atoms with Crippen LogP contribution in [0.4, 0.5) is 0 Å². The number of aryl methyl sites for hydroxylation is 1. The zero-order valence-electron chi connectivity index (χ0n) is 15.7. The quantitative estimate of drug-likeness (QED) is 0.236. The van der Waals surface area contributed by atoms with Crippen LogP contribution in [0.5, 0.6) is 5.88 Å². The molecule has 0 saturated carbocycles. The maximum atomic E-state index is 5.15. The van der Waals surface area contributed by atoms with Gasteiger partial charge in [0.2, 0.25) is 5.88 Å². The Hall–Kier alpha value is -2.29. The molecule has 6 nitrogen and oxygen atoms in total. The molecule has 0 aliphatic carbocycles. The molecule has 0 saturated heterocycles. The van der Waals surface area contributed by atoms with E-state index in [1.54, 1.807) is 20.4 Å². The molecule has 2 N–H and O–H groups in total. The van der Waals surface area contributed by atoms with E-state index in [4.69, 9.17) is 4.74 Å². The molecule has 0 unspecified atom stereocenters. The molecule has 0 aliphatic heterocycles. The molecular weight excluding hydrogens is 453 g/mol. The van der Waals surface area contributed by atoms with Gasteiger partial charge in [0, 0.05) is 50.7 Å². The van der Waals surface area contributed by atoms with Crippen LogP contribution >= 0.6 is 24.0 Å². The Kier molecular flexibility index (Phi) is 8.38. The number of aromatic nitrogens is 2. The molecule has 3 aromatic rings. The summed E-state index contributed by atoms with van der Waals surface area (Å²) in [4.78, 5) is 8.38. The van der Waals surface area contributed by atoms with Crippen LogP contribution in [-0.2, 0) is 13.1 Å². The monoisotopic (exact) mass is 479 g/mol. The van der Waals surface area contributed by atoms with Crippen molar-refractivity contribution in [2.24, 2.45) is 4.99 Å². The third kappa shape index (κ3) is 5.85. The molecule has 27 heavy (non-hydrogen) atoms. The summed E-state index contributed by atoms with van der Waals surface area (Å²) < 4.78 is 7.43. The van der Waals surface area contributed by atoms with Gasteiger partial charge in [-0.1, -0.05) is 18.2 Å². The van der Waals surface area contributed by atoms with Crippen molar-refractivity contribution in [3.8, 4) is 5.88 Å². The number of para-hydroxylation sites is 1. The molecule has 0 spiro atoms. The summed E-state index contributed by atoms with van der Waals surface area (Å²) in [5.41, 5.74) is 2.38. The lowest BCUT2D eigenvalue weighted by atomic mass is 10.2. The number of ether oxygens (including phenoxy) is 1. The number of halogens is 1. The molecule has 144 valence electrons. The summed E-state index contributed by atoms with van der Waals surface area (Å²) >= 11 is 0. The number of pyridine rings is 1. The van der Waals surface area contributed by atoms with E-state index >= 15 is 0 Å². The molecule has 0 radical (unpaired) electrons. The predicted octanol–water partition coefficient (Wildman–Crippen LogP) is 3.42. The first kappa shape index (κ1) is 21.0. The minimum atomic E-state index is 0. The van der Waals surface area contributed by atoms with Crippen molar-refractivity contribution < 1.29 is 4.74 Å². The van der Waals surface area contributed by atoms with Crippen molar-refractivity contribution >= 4 is 40.8 Å². The van der Waals surface area contributed by atoms with E-state index in [9.17, 15) is 0 Å². The van der Waals surface area contributed by atoms with E-state index in [1.807, 2.05) is 12.1 Å². The number of guanidine groups is 1. The molecule has 0 amide bonds. The molecule has 7 heteroatoms. The molecule has 2 heterocycles. The minimum Gasteiger partial charge on any atom is -0.481 e. The van der Waals surface area contributed by atoms with E-state index in [-0.39, 0.29) is 24.0 Å². The highest BCUT2D eigenvalue weighted by molar-refractivity contribution is 14.0. The summed E-state index contributed by atoms with van der Waals surface area (Å²) in [6.07, 6.45) is 4.91. The third-order valence-electron chi connectivity index (χ3n) is 4.24. The van der Waals surface area contributed by atoms with Gasteiger partial charge in [0.25, 0.3) is 0 Å². The lowest BCUT2D eigenvalue weighted by Crippen LogP contribution is -2.37. The second-order valence-corrected chi connectivity index (χ2v) is 5.98. The first-order valence-electron chi connectivity index (χ1n) is 8.77. The van der Waals surface area contributed by atoms with Crippen LogP contribution in [0.3, 0.4) is 0 Å². The van der Waals surface area contributed by atoms with Crippen LogP contribution in [0, 0.1) is 0 Å². The van der Waals surface area contributed by atoms with E-state index in [0.29, 0.717) is 12.4 Å². The van der Waals surface area contributed by atoms with Crippen molar-refractivity contribution in [2.75, 3.05) is 20.7 Å². The third-order valence-corrected chi connectivity index (χ3v) is 4.24. The Morgan fingerprint density at radius 1 is 1.19 bits per heavy atom. The largest absolute Gasteiger partial charge is 0.481 e. The first-order valence-corrected chi connectivity index (χ1v) is 8.77. The average Bonchev–Trinajstić information content (AvgIpc) is 3.11. The maximum absolute atomic E-state index is 5.15. The standard InChI is InChI=1S/C20H25N5O.HI/c1-21-20(24-15-16-8-11-22-19(14-16)26-2)23-10-5-12-25-13-9-17-6-3-4-7-18(17)25;/h3-4,6-9,11,13-14H,5,10,12,15H2,1-2H3,(H2,21,23,24);1H. The number of fused-ring (bicyclic) bond motifs is 1. The first-order chi connectivity index (χ1) is 12.8. The lowest BCUT2D eigenvalue weighted by Gasteiger charge is -2.12. The van der Waals surface area contributed by atoms with Crippen LogP contribution in [0.25, 0.3) is 10.9 Å². The van der Waals surface area contributed by atoms with Gasteiger partial charge in [-0.25, -0.2) is 4.98 Å². The van der Waals surface area contributed by atoms with Crippen molar-refractivity contribution in [1.82, 2.24) is 20.2 Å². The molecule has 0 atom stereocenters. The Labute approximate surface area is 177 Å². The van der Waals surface area contributed by atoms with Crippen molar-refractivity contribution in [1.29, 1.82) is 0 Å². The van der Waals surface area contributed by atoms with Gasteiger partial charge < -0.3 is 19.9 Å². The Morgan fingerprint density at radius 3 is 2.85 bits per heavy atom. The molecule has 3 rings (SSSR count). The van der Waals surface area contributed by atoms with E-state index in [1.165, 1.54) is 10.9 Å². The maximum Gasteiger partial charge on any atom is 0.213 e. The fourth-order valence-electron chi connectivity index (χ4n) is 2.87. The number of hydrogen-bond acceptors (Lipinski definition) is 3. The van der Waals surface area contributed by atoms with E-state index in [2.05, 4.69) is 61.7 Å². The highest BCUT2D eigenvalue weighted by Crippen LogP contribution is 2.15. The van der Waals surface area contributed by atoms with Crippen LogP contribution in [-0.4, -0.2) is 36.2 Å². The van der Waals surface area contributed by atoms with Crippen LogP contribution in [0.15, 0.2) is 59.9 Å². The number of methoxy groups -OCH3 is 1. The summed E-state index contributed by atoms with van der Waals surface area (Å²) in [6.45, 7) is 2.49. The molecule has 2 aromatic heterocycles. The molecule has 0 bridgehead atoms. The van der Waals surface area contributed by atoms with Crippen LogP contribution in [0.1, 0.15) is 12.0 Å². The lowest BCUT2D eigenvalue weighted by molar-refractivity contribution is 0.397. The second-order valence-electron chi connectivity index (χ2n) is 5.98. The Bertz CT molecular complexity index is 877. The number of nitrogens with one attached hydrogen (secondary N) is 2. The SMILES string of the molecule is CN=C(NCCCn1ccc2ccccc21)NCc1ccnc(OC)c1.I. The number of benzene rings is 1. The van der Waals surface area contributed by atoms with Gasteiger partial charge in [-0.3, -0.25) is 4.99 Å². The second kappa shape index (κ2) is 10.8. The van der Waals surface area contributed by atoms with Gasteiger partial charge in [-0.05, 0) is 35.6 Å². The average molecular weight is 479 g/mol. The highest BCUT2D eigenvalue weighted by Gasteiger charge is 2.02. The number of nitrogens with zero attached hydrogens (tertiary/aromatic N) is 3. The smallest absolute Gasteiger partial charge is 0.213 e. The van der Waals surface area contributed by atoms with Crippen LogP contribution in [0.2, 0.25) is 0 Å². The normalized spacial score (nSPS) is 11.1. The summed E-state index contributed by atoms with van der Waals surface area (Å²) in [7, 11) is 3.40. The topological polar surface area (TPSA) is 63.5 Å². The van der Waals surface area contributed by atoms with Gasteiger partial charge in [0.15, 0.2) is 5.96 Å². The minimum absolute atomic E-state index is 0. The Morgan fingerprint density at radius 2 is 2.04 bits per heavy atom. The van der Waals surface area contributed by atoms with Gasteiger partial charge in [0.05, 0.1) is 7.11 Å². The van der Waals surface area contributed by atoms with Crippen LogP contribution < -0.4 is 15.4 Å². The van der Waals surface area contributed by atoms with Crippen molar-refractivity contribution in [2.45, 2.75) is 19.5 Å². The van der Waals surface area contributed by atoms with E-state index in [0.717, 1.165) is 31.0 Å². The molecular formula is C20H26IN5O. The van der Waals surface area contributed by atoms with Gasteiger partial charge in [0.1, 0.15) is 0 Å². The Balaban J connectivity index is 0.00000261. The van der Waals surface area contributed by atoms with E-state index < -0.39 is 0 Å². The summed E-state index contributed by atoms with van der Waals surface area (Å²) in [5, 5.41) is 7.95. The van der Waals surface area contributed by atoms with Crippen molar-refractivity contribution in [3.63, 3.8) is 0 Å². The predicted molar refractivity (Wildman–Crippen MR) is 121 cm³/mol. The fraction of sp³-hybridized carbons (Fsp3) is 0.300. The molecule has 0 aliphatic rings. The zero-order chi connectivity index (χ0) is 18.2. The highest BCUT2D eigenvalue weighted by atomic mass is 127. The molecule has 0 fully saturated rings. The van der Waals surface area contributed by atoms with Gasteiger partial charge in [-0.15, -0.1) is 24.0 Å². The van der Waals surface area contributed by atoms with Gasteiger partial charge in [-0.2, -0.15) is 0 Å². The summed E-state index contributed by atoms with van der Waals surface area (Å²) in [6, 6.07) is 14.5. The fourth-order valence-corrected chi connectivity index (χ4v) is 2.87.